The van der Waals surface area contributed by atoms with Gasteiger partial charge in [-0.1, -0.05) is 31.5 Å². The lowest BCUT2D eigenvalue weighted by molar-refractivity contribution is 0.663. The van der Waals surface area contributed by atoms with Crippen molar-refractivity contribution in [2.75, 3.05) is 25.0 Å². The first-order valence-corrected chi connectivity index (χ1v) is 6.31. The Bertz CT molecular complexity index is 373. The molecule has 2 atom stereocenters. The predicted molar refractivity (Wildman–Crippen MR) is 70.3 cm³/mol. The van der Waals surface area contributed by atoms with Crippen LogP contribution in [0, 0.1) is 6.92 Å². The summed E-state index contributed by atoms with van der Waals surface area (Å²) in [6.45, 7) is 8.45. The van der Waals surface area contributed by atoms with Crippen molar-refractivity contribution < 1.29 is 0 Å². The SMILES string of the molecule is CC.Cc1ccc2c(c1)C1CNCC1N2C. The zero-order valence-corrected chi connectivity index (χ0v) is 10.7. The number of fused-ring (bicyclic) bond motifs is 3. The summed E-state index contributed by atoms with van der Waals surface area (Å²) in [6, 6.07) is 7.52. The van der Waals surface area contributed by atoms with Gasteiger partial charge in [0.05, 0.1) is 0 Å². The van der Waals surface area contributed by atoms with Crippen molar-refractivity contribution in [3.05, 3.63) is 29.3 Å². The summed E-state index contributed by atoms with van der Waals surface area (Å²) in [4.78, 5) is 2.43. The first kappa shape index (κ1) is 11.5. The fourth-order valence-electron chi connectivity index (χ4n) is 2.86. The Hall–Kier alpha value is -1.02. The van der Waals surface area contributed by atoms with E-state index in [4.69, 9.17) is 0 Å². The lowest BCUT2D eigenvalue weighted by atomic mass is 9.97. The maximum atomic E-state index is 3.47. The van der Waals surface area contributed by atoms with Crippen LogP contribution in [0.25, 0.3) is 0 Å². The fourth-order valence-corrected chi connectivity index (χ4v) is 2.86. The lowest BCUT2D eigenvalue weighted by Crippen LogP contribution is -2.31. The summed E-state index contributed by atoms with van der Waals surface area (Å²) in [7, 11) is 2.21. The molecule has 2 aliphatic heterocycles. The monoisotopic (exact) mass is 218 g/mol. The van der Waals surface area contributed by atoms with E-state index in [0.717, 1.165) is 19.0 Å². The molecule has 3 rings (SSSR count). The molecule has 0 radical (unpaired) electrons. The Kier molecular flexibility index (Phi) is 3.20. The van der Waals surface area contributed by atoms with Gasteiger partial charge in [-0.05, 0) is 18.6 Å². The summed E-state index contributed by atoms with van der Waals surface area (Å²) in [6.07, 6.45) is 0. The molecule has 2 aliphatic rings. The minimum absolute atomic E-state index is 0.687. The highest BCUT2D eigenvalue weighted by atomic mass is 15.2. The first-order valence-electron chi connectivity index (χ1n) is 6.31. The average Bonchev–Trinajstić information content (AvgIpc) is 2.87. The van der Waals surface area contributed by atoms with Crippen molar-refractivity contribution >= 4 is 5.69 Å². The number of benzene rings is 1. The molecule has 1 aromatic carbocycles. The van der Waals surface area contributed by atoms with Crippen molar-refractivity contribution in [1.82, 2.24) is 5.32 Å². The van der Waals surface area contributed by atoms with E-state index in [1.807, 2.05) is 13.8 Å². The van der Waals surface area contributed by atoms with Crippen LogP contribution in [0.5, 0.6) is 0 Å². The Morgan fingerprint density at radius 2 is 2.00 bits per heavy atom. The lowest BCUT2D eigenvalue weighted by Gasteiger charge is -2.20. The normalized spacial score (nSPS) is 25.9. The number of hydrogen-bond acceptors (Lipinski definition) is 2. The van der Waals surface area contributed by atoms with E-state index in [-0.39, 0.29) is 0 Å². The molecular weight excluding hydrogens is 196 g/mol. The first-order chi connectivity index (χ1) is 7.77. The average molecular weight is 218 g/mol. The van der Waals surface area contributed by atoms with Gasteiger partial charge in [-0.3, -0.25) is 0 Å². The van der Waals surface area contributed by atoms with E-state index >= 15 is 0 Å². The van der Waals surface area contributed by atoms with Gasteiger partial charge >= 0.3 is 0 Å². The summed E-state index contributed by atoms with van der Waals surface area (Å²) in [5, 5.41) is 3.47. The van der Waals surface area contributed by atoms with Crippen LogP contribution in [0.15, 0.2) is 18.2 Å². The Labute approximate surface area is 98.7 Å². The number of rotatable bonds is 0. The van der Waals surface area contributed by atoms with E-state index in [1.165, 1.54) is 11.3 Å². The minimum Gasteiger partial charge on any atom is -0.369 e. The fraction of sp³-hybridized carbons (Fsp3) is 0.571. The topological polar surface area (TPSA) is 15.3 Å². The smallest absolute Gasteiger partial charge is 0.0492 e. The van der Waals surface area contributed by atoms with Crippen LogP contribution < -0.4 is 10.2 Å². The van der Waals surface area contributed by atoms with Crippen LogP contribution in [0.4, 0.5) is 5.69 Å². The van der Waals surface area contributed by atoms with E-state index in [2.05, 4.69) is 42.4 Å². The number of likely N-dealkylation sites (N-methyl/N-ethyl adjacent to an activating group) is 1. The van der Waals surface area contributed by atoms with Gasteiger partial charge in [-0.25, -0.2) is 0 Å². The molecular formula is C14H22N2. The molecule has 0 aromatic heterocycles. The molecule has 0 aliphatic carbocycles. The second kappa shape index (κ2) is 4.46. The molecule has 2 nitrogen and oxygen atoms in total. The summed E-state index contributed by atoms with van der Waals surface area (Å²) < 4.78 is 0. The van der Waals surface area contributed by atoms with Crippen LogP contribution in [-0.2, 0) is 0 Å². The van der Waals surface area contributed by atoms with Gasteiger partial charge in [0, 0.05) is 37.8 Å². The summed E-state index contributed by atoms with van der Waals surface area (Å²) >= 11 is 0. The maximum absolute atomic E-state index is 3.47. The molecule has 1 aromatic rings. The number of aryl methyl sites for hydroxylation is 1. The maximum Gasteiger partial charge on any atom is 0.0492 e. The largest absolute Gasteiger partial charge is 0.369 e. The third kappa shape index (κ3) is 1.61. The third-order valence-electron chi connectivity index (χ3n) is 3.64. The quantitative estimate of drug-likeness (QED) is 0.720. The minimum atomic E-state index is 0.687. The zero-order valence-electron chi connectivity index (χ0n) is 10.7. The standard InChI is InChI=1S/C12H16N2.C2H6/c1-8-3-4-11-9(5-8)10-6-13-7-12(10)14(11)2;1-2/h3-5,10,12-13H,6-7H2,1-2H3;1-2H3. The number of hydrogen-bond donors (Lipinski definition) is 1. The molecule has 1 fully saturated rings. The highest BCUT2D eigenvalue weighted by Crippen LogP contribution is 2.41. The molecule has 2 heterocycles. The molecule has 88 valence electrons. The molecule has 0 spiro atoms. The van der Waals surface area contributed by atoms with Gasteiger partial charge in [-0.2, -0.15) is 0 Å². The second-order valence-electron chi connectivity index (χ2n) is 4.51. The van der Waals surface area contributed by atoms with Crippen molar-refractivity contribution in [1.29, 1.82) is 0 Å². The van der Waals surface area contributed by atoms with E-state index in [9.17, 15) is 0 Å². The van der Waals surface area contributed by atoms with Crippen LogP contribution >= 0.6 is 0 Å². The Morgan fingerprint density at radius 3 is 2.75 bits per heavy atom. The Balaban J connectivity index is 0.000000457. The molecule has 0 saturated carbocycles. The molecule has 1 saturated heterocycles. The molecule has 0 bridgehead atoms. The molecule has 16 heavy (non-hydrogen) atoms. The van der Waals surface area contributed by atoms with E-state index < -0.39 is 0 Å². The van der Waals surface area contributed by atoms with Crippen LogP contribution in [0.3, 0.4) is 0 Å². The molecule has 1 N–H and O–H groups in total. The number of nitrogens with zero attached hydrogens (tertiary/aromatic N) is 1. The predicted octanol–water partition coefficient (Wildman–Crippen LogP) is 2.53. The van der Waals surface area contributed by atoms with Gasteiger partial charge in [0.1, 0.15) is 0 Å². The molecule has 2 heteroatoms. The number of anilines is 1. The van der Waals surface area contributed by atoms with E-state index in [1.54, 1.807) is 5.56 Å². The van der Waals surface area contributed by atoms with Crippen molar-refractivity contribution in [3.63, 3.8) is 0 Å². The molecule has 0 amide bonds. The molecule has 2 unspecified atom stereocenters. The Morgan fingerprint density at radius 1 is 1.25 bits per heavy atom. The van der Waals surface area contributed by atoms with Crippen molar-refractivity contribution in [2.45, 2.75) is 32.7 Å². The van der Waals surface area contributed by atoms with Crippen LogP contribution in [0.2, 0.25) is 0 Å². The van der Waals surface area contributed by atoms with Crippen LogP contribution in [0.1, 0.15) is 30.9 Å². The van der Waals surface area contributed by atoms with Crippen LogP contribution in [-0.4, -0.2) is 26.2 Å². The highest BCUT2D eigenvalue weighted by Gasteiger charge is 2.39. The van der Waals surface area contributed by atoms with Gasteiger partial charge < -0.3 is 10.2 Å². The number of nitrogens with one attached hydrogen (secondary N) is 1. The van der Waals surface area contributed by atoms with Gasteiger partial charge in [-0.15, -0.1) is 0 Å². The zero-order chi connectivity index (χ0) is 11.7. The summed E-state index contributed by atoms with van der Waals surface area (Å²) in [5.74, 6) is 0.717. The third-order valence-corrected chi connectivity index (χ3v) is 3.64. The van der Waals surface area contributed by atoms with Gasteiger partial charge in [0.25, 0.3) is 0 Å². The van der Waals surface area contributed by atoms with Crippen molar-refractivity contribution in [3.8, 4) is 0 Å². The van der Waals surface area contributed by atoms with Crippen molar-refractivity contribution in [2.24, 2.45) is 0 Å². The van der Waals surface area contributed by atoms with Gasteiger partial charge in [0.2, 0.25) is 0 Å². The highest BCUT2D eigenvalue weighted by molar-refractivity contribution is 5.63. The second-order valence-corrected chi connectivity index (χ2v) is 4.51. The summed E-state index contributed by atoms with van der Waals surface area (Å²) in [5.41, 5.74) is 4.36. The van der Waals surface area contributed by atoms with Gasteiger partial charge in [0.15, 0.2) is 0 Å². The van der Waals surface area contributed by atoms with E-state index in [0.29, 0.717) is 6.04 Å².